The Morgan fingerprint density at radius 1 is 1.40 bits per heavy atom. The lowest BCUT2D eigenvalue weighted by molar-refractivity contribution is -0.111. The number of nitrogens with one attached hydrogen (secondary N) is 1. The molecule has 0 saturated heterocycles. The first-order chi connectivity index (χ1) is 12.0. The van der Waals surface area contributed by atoms with Crippen molar-refractivity contribution in [3.05, 3.63) is 55.9 Å². The minimum atomic E-state index is -0.269. The average Bonchev–Trinajstić information content (AvgIpc) is 2.91. The van der Waals surface area contributed by atoms with Gasteiger partial charge in [-0.25, -0.2) is 0 Å². The van der Waals surface area contributed by atoms with E-state index in [-0.39, 0.29) is 5.91 Å². The summed E-state index contributed by atoms with van der Waals surface area (Å²) in [5, 5.41) is 13.9. The van der Waals surface area contributed by atoms with Crippen molar-refractivity contribution in [1.82, 2.24) is 0 Å². The largest absolute Gasteiger partial charge is 0.313 e. The number of nitriles is 1. The van der Waals surface area contributed by atoms with Gasteiger partial charge in [0.25, 0.3) is 0 Å². The summed E-state index contributed by atoms with van der Waals surface area (Å²) in [7, 11) is 0. The first-order valence-corrected chi connectivity index (χ1v) is 9.54. The second-order valence-electron chi connectivity index (χ2n) is 6.16. The maximum atomic E-state index is 12.2. The van der Waals surface area contributed by atoms with E-state index in [2.05, 4.69) is 18.3 Å². The van der Waals surface area contributed by atoms with Gasteiger partial charge in [-0.1, -0.05) is 36.2 Å². The van der Waals surface area contributed by atoms with Gasteiger partial charge in [-0.2, -0.15) is 5.26 Å². The highest BCUT2D eigenvalue weighted by Gasteiger charge is 2.24. The van der Waals surface area contributed by atoms with E-state index in [1.807, 2.05) is 0 Å². The zero-order valence-corrected chi connectivity index (χ0v) is 15.9. The van der Waals surface area contributed by atoms with Gasteiger partial charge in [-0.3, -0.25) is 4.79 Å². The van der Waals surface area contributed by atoms with E-state index in [0.29, 0.717) is 26.5 Å². The minimum absolute atomic E-state index is 0.269. The number of rotatable bonds is 3. The molecule has 0 saturated carbocycles. The molecule has 1 aromatic carbocycles. The predicted octanol–water partition coefficient (Wildman–Crippen LogP) is 5.70. The van der Waals surface area contributed by atoms with Gasteiger partial charge < -0.3 is 5.32 Å². The highest BCUT2D eigenvalue weighted by molar-refractivity contribution is 7.16. The zero-order chi connectivity index (χ0) is 18.0. The molecule has 2 aromatic rings. The molecule has 0 spiro atoms. The number of hydrogen-bond acceptors (Lipinski definition) is 3. The van der Waals surface area contributed by atoms with E-state index < -0.39 is 0 Å². The van der Waals surface area contributed by atoms with Crippen LogP contribution in [-0.4, -0.2) is 5.91 Å². The normalized spacial score (nSPS) is 16.5. The summed E-state index contributed by atoms with van der Waals surface area (Å²) < 4.78 is 0. The summed E-state index contributed by atoms with van der Waals surface area (Å²) in [4.78, 5) is 13.4. The Balaban J connectivity index is 1.76. The smallest absolute Gasteiger partial charge is 0.249 e. The lowest BCUT2D eigenvalue weighted by Gasteiger charge is -2.17. The number of carbonyl (C=O) groups is 1. The van der Waals surface area contributed by atoms with Crippen LogP contribution in [0.5, 0.6) is 0 Å². The van der Waals surface area contributed by atoms with Crippen LogP contribution >= 0.6 is 34.5 Å². The van der Waals surface area contributed by atoms with Crippen molar-refractivity contribution >= 4 is 51.5 Å². The monoisotopic (exact) mass is 390 g/mol. The fourth-order valence-electron chi connectivity index (χ4n) is 2.90. The van der Waals surface area contributed by atoms with E-state index >= 15 is 0 Å². The van der Waals surface area contributed by atoms with Crippen LogP contribution in [0, 0.1) is 17.2 Å². The molecular formula is C19H16Cl2N2OS. The van der Waals surface area contributed by atoms with Crippen LogP contribution in [-0.2, 0) is 17.6 Å². The molecule has 0 fully saturated rings. The Labute approximate surface area is 160 Å². The van der Waals surface area contributed by atoms with Crippen LogP contribution < -0.4 is 5.32 Å². The summed E-state index contributed by atoms with van der Waals surface area (Å²) in [6.07, 6.45) is 6.07. The fraction of sp³-hybridized carbons (Fsp3) is 0.263. The van der Waals surface area contributed by atoms with Gasteiger partial charge in [-0.15, -0.1) is 11.3 Å². The fourth-order valence-corrected chi connectivity index (χ4v) is 4.57. The molecule has 1 aliphatic rings. The van der Waals surface area contributed by atoms with E-state index in [4.69, 9.17) is 23.2 Å². The molecule has 1 unspecified atom stereocenters. The Hall–Kier alpha value is -1.80. The Morgan fingerprint density at radius 3 is 2.92 bits per heavy atom. The third-order valence-electron chi connectivity index (χ3n) is 4.23. The molecule has 0 radical (unpaired) electrons. The number of nitrogens with zero attached hydrogens (tertiary/aromatic N) is 1. The topological polar surface area (TPSA) is 52.9 Å². The van der Waals surface area contributed by atoms with Crippen molar-refractivity contribution in [2.75, 3.05) is 5.32 Å². The van der Waals surface area contributed by atoms with Crippen molar-refractivity contribution in [3.63, 3.8) is 0 Å². The highest BCUT2D eigenvalue weighted by atomic mass is 35.5. The Kier molecular flexibility index (Phi) is 5.48. The minimum Gasteiger partial charge on any atom is -0.313 e. The van der Waals surface area contributed by atoms with Crippen LogP contribution in [0.15, 0.2) is 24.3 Å². The van der Waals surface area contributed by atoms with Crippen LogP contribution in [0.4, 0.5) is 5.00 Å². The highest BCUT2D eigenvalue weighted by Crippen LogP contribution is 2.39. The Bertz CT molecular complexity index is 896. The number of hydrogen-bond donors (Lipinski definition) is 1. The Morgan fingerprint density at radius 2 is 2.20 bits per heavy atom. The summed E-state index contributed by atoms with van der Waals surface area (Å²) in [5.41, 5.74) is 2.50. The molecule has 0 bridgehead atoms. The molecule has 128 valence electrons. The van der Waals surface area contributed by atoms with Crippen molar-refractivity contribution in [2.24, 2.45) is 5.92 Å². The van der Waals surface area contributed by atoms with Gasteiger partial charge in [0.05, 0.1) is 15.6 Å². The molecular weight excluding hydrogens is 375 g/mol. The van der Waals surface area contributed by atoms with E-state index in [1.165, 1.54) is 22.3 Å². The third-order valence-corrected chi connectivity index (χ3v) is 6.14. The van der Waals surface area contributed by atoms with Gasteiger partial charge in [0.1, 0.15) is 11.1 Å². The predicted molar refractivity (Wildman–Crippen MR) is 104 cm³/mol. The number of halogens is 2. The first kappa shape index (κ1) is 18.0. The van der Waals surface area contributed by atoms with Crippen LogP contribution in [0.3, 0.4) is 0 Å². The first-order valence-electron chi connectivity index (χ1n) is 7.96. The van der Waals surface area contributed by atoms with Gasteiger partial charge >= 0.3 is 0 Å². The number of carbonyl (C=O) groups excluding carboxylic acids is 1. The SMILES string of the molecule is CC1CCc2c(sc(NC(=O)/C=C/c3ccc(Cl)c(Cl)c3)c2C#N)C1. The number of fused-ring (bicyclic) bond motifs is 1. The summed E-state index contributed by atoms with van der Waals surface area (Å²) in [5.74, 6) is 0.352. The second kappa shape index (κ2) is 7.61. The van der Waals surface area contributed by atoms with Crippen LogP contribution in [0.25, 0.3) is 6.08 Å². The molecule has 3 rings (SSSR count). The lowest BCUT2D eigenvalue weighted by atomic mass is 9.89. The van der Waals surface area contributed by atoms with Gasteiger partial charge in [-0.05, 0) is 54.5 Å². The maximum Gasteiger partial charge on any atom is 0.249 e. The molecule has 1 N–H and O–H groups in total. The molecule has 6 heteroatoms. The molecule has 3 nitrogen and oxygen atoms in total. The lowest BCUT2D eigenvalue weighted by Crippen LogP contribution is -2.10. The molecule has 1 aromatic heterocycles. The van der Waals surface area contributed by atoms with E-state index in [1.54, 1.807) is 24.3 Å². The van der Waals surface area contributed by atoms with E-state index in [0.717, 1.165) is 30.4 Å². The number of amides is 1. The van der Waals surface area contributed by atoms with Crippen LogP contribution in [0.2, 0.25) is 10.0 Å². The second-order valence-corrected chi connectivity index (χ2v) is 8.08. The van der Waals surface area contributed by atoms with Crippen molar-refractivity contribution in [1.29, 1.82) is 5.26 Å². The van der Waals surface area contributed by atoms with Gasteiger partial charge in [0.2, 0.25) is 5.91 Å². The number of thiophene rings is 1. The molecule has 1 aliphatic carbocycles. The molecule has 1 heterocycles. The van der Waals surface area contributed by atoms with Crippen LogP contribution in [0.1, 0.15) is 34.9 Å². The van der Waals surface area contributed by atoms with Crippen molar-refractivity contribution in [2.45, 2.75) is 26.2 Å². The average molecular weight is 391 g/mol. The summed E-state index contributed by atoms with van der Waals surface area (Å²) in [6, 6.07) is 7.41. The third kappa shape index (κ3) is 4.07. The summed E-state index contributed by atoms with van der Waals surface area (Å²) in [6.45, 7) is 2.22. The van der Waals surface area contributed by atoms with Gasteiger partial charge in [0, 0.05) is 11.0 Å². The van der Waals surface area contributed by atoms with Crippen molar-refractivity contribution < 1.29 is 4.79 Å². The molecule has 25 heavy (non-hydrogen) atoms. The number of anilines is 1. The maximum absolute atomic E-state index is 12.2. The van der Waals surface area contributed by atoms with Crippen molar-refractivity contribution in [3.8, 4) is 6.07 Å². The van der Waals surface area contributed by atoms with E-state index in [9.17, 15) is 10.1 Å². The molecule has 0 aliphatic heterocycles. The number of benzene rings is 1. The summed E-state index contributed by atoms with van der Waals surface area (Å²) >= 11 is 13.4. The zero-order valence-electron chi connectivity index (χ0n) is 13.6. The standard InChI is InChI=1S/C19H16Cl2N2OS/c1-11-2-5-13-14(10-22)19(25-17(13)8-11)23-18(24)7-4-12-3-6-15(20)16(21)9-12/h3-4,6-7,9,11H,2,5,8H2,1H3,(H,23,24)/b7-4+. The molecule has 1 atom stereocenters. The molecule has 1 amide bonds. The quantitative estimate of drug-likeness (QED) is 0.682. The van der Waals surface area contributed by atoms with Gasteiger partial charge in [0.15, 0.2) is 0 Å².